The number of benzene rings is 2. The SMILES string of the molecule is O=C(/C=C/c1ccc(-c2ccccc2[N+](=O)[O-])o1)Nc1ccc(Cl)c([N+](=O)[O-])c1. The van der Waals surface area contributed by atoms with Crippen molar-refractivity contribution in [2.24, 2.45) is 0 Å². The molecule has 3 aromatic rings. The van der Waals surface area contributed by atoms with E-state index in [4.69, 9.17) is 16.0 Å². The fourth-order valence-electron chi connectivity index (χ4n) is 2.50. The third-order valence-corrected chi connectivity index (χ3v) is 4.12. The van der Waals surface area contributed by atoms with Gasteiger partial charge in [-0.15, -0.1) is 0 Å². The van der Waals surface area contributed by atoms with E-state index in [1.807, 2.05) is 0 Å². The molecule has 29 heavy (non-hydrogen) atoms. The van der Waals surface area contributed by atoms with Gasteiger partial charge in [0.25, 0.3) is 11.4 Å². The molecule has 9 nitrogen and oxygen atoms in total. The number of amides is 1. The lowest BCUT2D eigenvalue weighted by molar-refractivity contribution is -0.384. The van der Waals surface area contributed by atoms with Gasteiger partial charge in [-0.3, -0.25) is 25.0 Å². The van der Waals surface area contributed by atoms with Gasteiger partial charge in [-0.1, -0.05) is 23.7 Å². The van der Waals surface area contributed by atoms with Crippen LogP contribution < -0.4 is 5.32 Å². The smallest absolute Gasteiger partial charge is 0.289 e. The van der Waals surface area contributed by atoms with E-state index in [0.29, 0.717) is 11.3 Å². The van der Waals surface area contributed by atoms with Crippen molar-refractivity contribution in [1.29, 1.82) is 0 Å². The predicted molar refractivity (Wildman–Crippen MR) is 107 cm³/mol. The Morgan fingerprint density at radius 2 is 1.72 bits per heavy atom. The zero-order chi connectivity index (χ0) is 21.0. The van der Waals surface area contributed by atoms with Gasteiger partial charge in [0.1, 0.15) is 16.5 Å². The quantitative estimate of drug-likeness (QED) is 0.341. The van der Waals surface area contributed by atoms with Crippen LogP contribution in [0.3, 0.4) is 0 Å². The summed E-state index contributed by atoms with van der Waals surface area (Å²) in [5.41, 5.74) is 0.0962. The van der Waals surface area contributed by atoms with Crippen LogP contribution in [0.5, 0.6) is 0 Å². The molecular formula is C19H12ClN3O6. The highest BCUT2D eigenvalue weighted by atomic mass is 35.5. The molecular weight excluding hydrogens is 402 g/mol. The molecule has 0 spiro atoms. The number of hydrogen-bond acceptors (Lipinski definition) is 6. The second kappa shape index (κ2) is 8.36. The van der Waals surface area contributed by atoms with Gasteiger partial charge in [0.2, 0.25) is 5.91 Å². The van der Waals surface area contributed by atoms with Crippen LogP contribution in [0.2, 0.25) is 5.02 Å². The van der Waals surface area contributed by atoms with E-state index in [1.54, 1.807) is 30.3 Å². The van der Waals surface area contributed by atoms with E-state index in [1.165, 1.54) is 30.4 Å². The summed E-state index contributed by atoms with van der Waals surface area (Å²) in [5.74, 6) is 0.0336. The average molecular weight is 414 g/mol. The molecule has 0 bridgehead atoms. The molecule has 0 aliphatic heterocycles. The summed E-state index contributed by atoms with van der Waals surface area (Å²) in [6, 6.07) is 13.1. The summed E-state index contributed by atoms with van der Waals surface area (Å²) in [4.78, 5) is 32.9. The number of anilines is 1. The van der Waals surface area contributed by atoms with Gasteiger partial charge < -0.3 is 9.73 Å². The first-order valence-electron chi connectivity index (χ1n) is 8.12. The zero-order valence-electron chi connectivity index (χ0n) is 14.6. The first kappa shape index (κ1) is 19.8. The maximum absolute atomic E-state index is 12.0. The number of rotatable bonds is 6. The summed E-state index contributed by atoms with van der Waals surface area (Å²) in [7, 11) is 0. The highest BCUT2D eigenvalue weighted by Gasteiger charge is 2.17. The minimum Gasteiger partial charge on any atom is -0.456 e. The van der Waals surface area contributed by atoms with Crippen molar-refractivity contribution < 1.29 is 19.1 Å². The maximum atomic E-state index is 12.0. The number of carbonyl (C=O) groups excluding carboxylic acids is 1. The third kappa shape index (κ3) is 4.66. The minimum atomic E-state index is -0.652. The van der Waals surface area contributed by atoms with Crippen molar-refractivity contribution in [3.8, 4) is 11.3 Å². The van der Waals surface area contributed by atoms with Crippen molar-refractivity contribution in [3.63, 3.8) is 0 Å². The number of halogens is 1. The normalized spacial score (nSPS) is 10.8. The standard InChI is InChI=1S/C19H12ClN3O6/c20-15-8-5-12(11-17(15)23(27)28)21-19(24)10-7-13-6-9-18(29-13)14-3-1-2-4-16(14)22(25)26/h1-11H,(H,21,24)/b10-7+. The van der Waals surface area contributed by atoms with Crippen LogP contribution in [0.15, 0.2) is 65.1 Å². The Morgan fingerprint density at radius 1 is 1.00 bits per heavy atom. The molecule has 0 aliphatic rings. The Morgan fingerprint density at radius 3 is 2.45 bits per heavy atom. The summed E-state index contributed by atoms with van der Waals surface area (Å²) >= 11 is 5.73. The number of nitrogens with zero attached hydrogens (tertiary/aromatic N) is 2. The lowest BCUT2D eigenvalue weighted by Gasteiger charge is -2.02. The monoisotopic (exact) mass is 413 g/mol. The van der Waals surface area contributed by atoms with Gasteiger partial charge in [0.15, 0.2) is 0 Å². The molecule has 1 aromatic heterocycles. The van der Waals surface area contributed by atoms with E-state index in [9.17, 15) is 25.0 Å². The largest absolute Gasteiger partial charge is 0.456 e. The summed E-state index contributed by atoms with van der Waals surface area (Å²) in [6.45, 7) is 0. The van der Waals surface area contributed by atoms with Crippen LogP contribution in [0.25, 0.3) is 17.4 Å². The van der Waals surface area contributed by atoms with Gasteiger partial charge in [-0.25, -0.2) is 0 Å². The molecule has 1 heterocycles. The predicted octanol–water partition coefficient (Wildman–Crippen LogP) is 5.07. The number of para-hydroxylation sites is 1. The van der Waals surface area contributed by atoms with Gasteiger partial charge in [-0.05, 0) is 36.4 Å². The van der Waals surface area contributed by atoms with E-state index < -0.39 is 15.8 Å². The topological polar surface area (TPSA) is 129 Å². The number of nitrogens with one attached hydrogen (secondary N) is 1. The Hall–Kier alpha value is -3.98. The van der Waals surface area contributed by atoms with Crippen LogP contribution >= 0.6 is 11.6 Å². The molecule has 0 radical (unpaired) electrons. The molecule has 3 rings (SSSR count). The Kier molecular flexibility index (Phi) is 5.70. The van der Waals surface area contributed by atoms with Crippen LogP contribution in [0.1, 0.15) is 5.76 Å². The Bertz CT molecular complexity index is 1140. The second-order valence-corrected chi connectivity index (χ2v) is 6.13. The molecule has 0 atom stereocenters. The van der Waals surface area contributed by atoms with E-state index >= 15 is 0 Å². The molecule has 0 fully saturated rings. The summed E-state index contributed by atoms with van der Waals surface area (Å²) in [5, 5.41) is 24.5. The van der Waals surface area contributed by atoms with E-state index in [0.717, 1.165) is 6.07 Å². The highest BCUT2D eigenvalue weighted by Crippen LogP contribution is 2.31. The minimum absolute atomic E-state index is 0.0401. The summed E-state index contributed by atoms with van der Waals surface area (Å²) in [6.07, 6.45) is 2.54. The number of furan rings is 1. The molecule has 0 saturated heterocycles. The molecule has 146 valence electrons. The van der Waals surface area contributed by atoms with Crippen molar-refractivity contribution in [1.82, 2.24) is 0 Å². The van der Waals surface area contributed by atoms with Crippen LogP contribution in [0, 0.1) is 20.2 Å². The second-order valence-electron chi connectivity index (χ2n) is 5.72. The first-order valence-corrected chi connectivity index (χ1v) is 8.49. The molecule has 1 N–H and O–H groups in total. The number of nitro groups is 2. The maximum Gasteiger partial charge on any atom is 0.289 e. The van der Waals surface area contributed by atoms with Crippen molar-refractivity contribution in [3.05, 3.63) is 91.7 Å². The zero-order valence-corrected chi connectivity index (χ0v) is 15.3. The molecule has 0 saturated carbocycles. The van der Waals surface area contributed by atoms with Crippen LogP contribution in [0.4, 0.5) is 17.1 Å². The number of nitro benzene ring substituents is 2. The number of hydrogen-bond donors (Lipinski definition) is 1. The van der Waals surface area contributed by atoms with Gasteiger partial charge >= 0.3 is 0 Å². The van der Waals surface area contributed by atoms with Crippen LogP contribution in [-0.2, 0) is 4.79 Å². The van der Waals surface area contributed by atoms with Gasteiger partial charge in [0.05, 0.1) is 15.4 Å². The lowest BCUT2D eigenvalue weighted by Crippen LogP contribution is -2.07. The molecule has 0 unspecified atom stereocenters. The molecule has 2 aromatic carbocycles. The van der Waals surface area contributed by atoms with E-state index in [-0.39, 0.29) is 27.8 Å². The van der Waals surface area contributed by atoms with Crippen LogP contribution in [-0.4, -0.2) is 15.8 Å². The number of carbonyl (C=O) groups is 1. The third-order valence-electron chi connectivity index (χ3n) is 3.80. The Labute approximate surface area is 168 Å². The molecule has 10 heteroatoms. The van der Waals surface area contributed by atoms with Gasteiger partial charge in [-0.2, -0.15) is 0 Å². The fraction of sp³-hybridized carbons (Fsp3) is 0. The van der Waals surface area contributed by atoms with Crippen molar-refractivity contribution in [2.45, 2.75) is 0 Å². The molecule has 0 aliphatic carbocycles. The van der Waals surface area contributed by atoms with Gasteiger partial charge in [0, 0.05) is 23.9 Å². The van der Waals surface area contributed by atoms with Crippen molar-refractivity contribution in [2.75, 3.05) is 5.32 Å². The average Bonchev–Trinajstić information content (AvgIpc) is 3.16. The molecule has 1 amide bonds. The fourth-order valence-corrected chi connectivity index (χ4v) is 2.69. The highest BCUT2D eigenvalue weighted by molar-refractivity contribution is 6.32. The lowest BCUT2D eigenvalue weighted by atomic mass is 10.1. The Balaban J connectivity index is 1.73. The first-order chi connectivity index (χ1) is 13.8. The van der Waals surface area contributed by atoms with E-state index in [2.05, 4.69) is 5.32 Å². The van der Waals surface area contributed by atoms with Crippen molar-refractivity contribution >= 4 is 40.6 Å². The summed E-state index contributed by atoms with van der Waals surface area (Å²) < 4.78 is 5.55.